The van der Waals surface area contributed by atoms with Gasteiger partial charge in [0, 0.05) is 17.6 Å². The highest BCUT2D eigenvalue weighted by atomic mass is 16.5. The molecule has 0 saturated heterocycles. The van der Waals surface area contributed by atoms with E-state index in [0.29, 0.717) is 0 Å². The minimum absolute atomic E-state index is 0.888. The molecule has 0 radical (unpaired) electrons. The molecule has 0 saturated carbocycles. The number of hydrogen-bond acceptors (Lipinski definition) is 1. The minimum atomic E-state index is 0.888. The molecule has 0 atom stereocenters. The third kappa shape index (κ3) is 1.51. The van der Waals surface area contributed by atoms with Gasteiger partial charge in [0.2, 0.25) is 0 Å². The summed E-state index contributed by atoms with van der Waals surface area (Å²) in [6.07, 6.45) is 2.05. The average molecular weight is 187 g/mol. The lowest BCUT2D eigenvalue weighted by Gasteiger charge is -2.06. The highest BCUT2D eigenvalue weighted by Crippen LogP contribution is 2.16. The molecule has 0 amide bonds. The second-order valence-electron chi connectivity index (χ2n) is 3.22. The highest BCUT2D eigenvalue weighted by molar-refractivity contribution is 5.39. The number of nitrogens with zero attached hydrogens (tertiary/aromatic N) is 1. The van der Waals surface area contributed by atoms with Crippen LogP contribution < -0.4 is 4.74 Å². The van der Waals surface area contributed by atoms with Gasteiger partial charge < -0.3 is 9.30 Å². The van der Waals surface area contributed by atoms with Crippen molar-refractivity contribution in [2.75, 3.05) is 7.11 Å². The van der Waals surface area contributed by atoms with Crippen molar-refractivity contribution in [1.29, 1.82) is 0 Å². The zero-order valence-electron chi connectivity index (χ0n) is 8.40. The monoisotopic (exact) mass is 187 g/mol. The second kappa shape index (κ2) is 3.58. The Morgan fingerprint density at radius 1 is 1.07 bits per heavy atom. The van der Waals surface area contributed by atoms with E-state index in [9.17, 15) is 0 Å². The summed E-state index contributed by atoms with van der Waals surface area (Å²) in [7, 11) is 1.68. The number of rotatable bonds is 2. The molecule has 0 unspecified atom stereocenters. The van der Waals surface area contributed by atoms with Crippen molar-refractivity contribution in [3.05, 3.63) is 48.3 Å². The Hall–Kier alpha value is -1.70. The maximum Gasteiger partial charge on any atom is 0.119 e. The number of benzene rings is 1. The van der Waals surface area contributed by atoms with Gasteiger partial charge in [-0.3, -0.25) is 0 Å². The fourth-order valence-corrected chi connectivity index (χ4v) is 1.50. The number of aromatic nitrogens is 1. The van der Waals surface area contributed by atoms with Gasteiger partial charge in [0.05, 0.1) is 7.11 Å². The topological polar surface area (TPSA) is 14.2 Å². The van der Waals surface area contributed by atoms with Crippen molar-refractivity contribution in [1.82, 2.24) is 4.57 Å². The van der Waals surface area contributed by atoms with Crippen LogP contribution in [0.4, 0.5) is 0 Å². The van der Waals surface area contributed by atoms with Crippen LogP contribution >= 0.6 is 0 Å². The summed E-state index contributed by atoms with van der Waals surface area (Å²) < 4.78 is 7.25. The van der Waals surface area contributed by atoms with Crippen LogP contribution in [-0.4, -0.2) is 11.7 Å². The van der Waals surface area contributed by atoms with E-state index in [2.05, 4.69) is 23.8 Å². The van der Waals surface area contributed by atoms with Gasteiger partial charge in [-0.15, -0.1) is 0 Å². The second-order valence-corrected chi connectivity index (χ2v) is 3.22. The fraction of sp³-hybridized carbons (Fsp3) is 0.167. The predicted molar refractivity (Wildman–Crippen MR) is 57.1 cm³/mol. The van der Waals surface area contributed by atoms with Crippen molar-refractivity contribution >= 4 is 0 Å². The Morgan fingerprint density at radius 3 is 2.29 bits per heavy atom. The number of hydrogen-bond donors (Lipinski definition) is 0. The molecular formula is C12H13NO. The molecular weight excluding hydrogens is 174 g/mol. The summed E-state index contributed by atoms with van der Waals surface area (Å²) in [6, 6.07) is 12.2. The van der Waals surface area contributed by atoms with Crippen LogP contribution in [0.15, 0.2) is 42.6 Å². The van der Waals surface area contributed by atoms with Crippen LogP contribution in [-0.2, 0) is 0 Å². The Balaban J connectivity index is 2.39. The van der Waals surface area contributed by atoms with E-state index in [1.54, 1.807) is 7.11 Å². The molecule has 0 aliphatic heterocycles. The molecule has 2 rings (SSSR count). The van der Waals surface area contributed by atoms with Crippen molar-refractivity contribution < 1.29 is 4.74 Å². The first-order valence-corrected chi connectivity index (χ1v) is 4.59. The lowest BCUT2D eigenvalue weighted by molar-refractivity contribution is 0.414. The van der Waals surface area contributed by atoms with Crippen LogP contribution in [0, 0.1) is 6.92 Å². The third-order valence-corrected chi connectivity index (χ3v) is 2.30. The lowest BCUT2D eigenvalue weighted by atomic mass is 10.3. The Bertz CT molecular complexity index is 414. The third-order valence-electron chi connectivity index (χ3n) is 2.30. The van der Waals surface area contributed by atoms with Gasteiger partial charge in [0.15, 0.2) is 0 Å². The van der Waals surface area contributed by atoms with E-state index in [1.165, 1.54) is 5.69 Å². The average Bonchev–Trinajstić information content (AvgIpc) is 2.65. The molecule has 0 spiro atoms. The van der Waals surface area contributed by atoms with Gasteiger partial charge in [-0.25, -0.2) is 0 Å². The van der Waals surface area contributed by atoms with Crippen LogP contribution in [0.3, 0.4) is 0 Å². The predicted octanol–water partition coefficient (Wildman–Crippen LogP) is 2.79. The van der Waals surface area contributed by atoms with Crippen molar-refractivity contribution in [3.63, 3.8) is 0 Å². The van der Waals surface area contributed by atoms with Gasteiger partial charge in [-0.05, 0) is 43.3 Å². The van der Waals surface area contributed by atoms with Gasteiger partial charge in [-0.2, -0.15) is 0 Å². The zero-order chi connectivity index (χ0) is 9.97. The summed E-state index contributed by atoms with van der Waals surface area (Å²) in [5.74, 6) is 0.888. The fourth-order valence-electron chi connectivity index (χ4n) is 1.50. The molecule has 0 bridgehead atoms. The first-order chi connectivity index (χ1) is 6.81. The van der Waals surface area contributed by atoms with Crippen LogP contribution in [0.5, 0.6) is 5.75 Å². The van der Waals surface area contributed by atoms with Gasteiger partial charge in [0.1, 0.15) is 5.75 Å². The van der Waals surface area contributed by atoms with Gasteiger partial charge in [0.25, 0.3) is 0 Å². The molecule has 2 heteroatoms. The minimum Gasteiger partial charge on any atom is -0.497 e. The smallest absolute Gasteiger partial charge is 0.119 e. The largest absolute Gasteiger partial charge is 0.497 e. The van der Waals surface area contributed by atoms with Crippen LogP contribution in [0.1, 0.15) is 5.69 Å². The zero-order valence-corrected chi connectivity index (χ0v) is 8.40. The summed E-state index contributed by atoms with van der Waals surface area (Å²) in [5, 5.41) is 0. The van der Waals surface area contributed by atoms with Crippen molar-refractivity contribution in [3.8, 4) is 11.4 Å². The molecule has 72 valence electrons. The Labute approximate surface area is 83.8 Å². The van der Waals surface area contributed by atoms with E-state index in [1.807, 2.05) is 30.3 Å². The van der Waals surface area contributed by atoms with Gasteiger partial charge >= 0.3 is 0 Å². The molecule has 2 aromatic rings. The van der Waals surface area contributed by atoms with E-state index >= 15 is 0 Å². The molecule has 0 aliphatic carbocycles. The standard InChI is InChI=1S/C12H13NO/c1-10-4-3-9-13(10)11-5-7-12(14-2)8-6-11/h3-9H,1-2H3. The molecule has 1 heterocycles. The molecule has 2 nitrogen and oxygen atoms in total. The molecule has 0 aliphatic rings. The van der Waals surface area contributed by atoms with E-state index in [4.69, 9.17) is 4.74 Å². The molecule has 14 heavy (non-hydrogen) atoms. The van der Waals surface area contributed by atoms with Crippen LogP contribution in [0.25, 0.3) is 5.69 Å². The summed E-state index contributed by atoms with van der Waals surface area (Å²) in [6.45, 7) is 2.09. The maximum atomic E-state index is 5.11. The molecule has 0 fully saturated rings. The normalized spacial score (nSPS) is 10.1. The van der Waals surface area contributed by atoms with E-state index < -0.39 is 0 Å². The van der Waals surface area contributed by atoms with Crippen molar-refractivity contribution in [2.45, 2.75) is 6.92 Å². The van der Waals surface area contributed by atoms with E-state index in [-0.39, 0.29) is 0 Å². The van der Waals surface area contributed by atoms with Crippen molar-refractivity contribution in [2.24, 2.45) is 0 Å². The Morgan fingerprint density at radius 2 is 1.79 bits per heavy atom. The lowest BCUT2D eigenvalue weighted by Crippen LogP contribution is -1.93. The Kier molecular flexibility index (Phi) is 2.27. The summed E-state index contributed by atoms with van der Waals surface area (Å²) in [5.41, 5.74) is 2.39. The number of methoxy groups -OCH3 is 1. The first-order valence-electron chi connectivity index (χ1n) is 4.59. The SMILES string of the molecule is COc1ccc(-n2cccc2C)cc1. The maximum absolute atomic E-state index is 5.11. The summed E-state index contributed by atoms with van der Waals surface area (Å²) in [4.78, 5) is 0. The number of ether oxygens (including phenoxy) is 1. The quantitative estimate of drug-likeness (QED) is 0.705. The molecule has 1 aromatic heterocycles. The molecule has 1 aromatic carbocycles. The van der Waals surface area contributed by atoms with Gasteiger partial charge in [-0.1, -0.05) is 0 Å². The first kappa shape index (κ1) is 8.88. The molecule has 0 N–H and O–H groups in total. The summed E-state index contributed by atoms with van der Waals surface area (Å²) >= 11 is 0. The highest BCUT2D eigenvalue weighted by Gasteiger charge is 1.98. The number of aryl methyl sites for hydroxylation is 1. The van der Waals surface area contributed by atoms with Crippen LogP contribution in [0.2, 0.25) is 0 Å². The van der Waals surface area contributed by atoms with E-state index in [0.717, 1.165) is 11.4 Å².